The third-order valence-corrected chi connectivity index (χ3v) is 3.73. The fourth-order valence-corrected chi connectivity index (χ4v) is 2.51. The Hall–Kier alpha value is -1.55. The summed E-state index contributed by atoms with van der Waals surface area (Å²) in [4.78, 5) is 13.9. The van der Waals surface area contributed by atoms with Crippen LogP contribution in [0, 0.1) is 13.8 Å². The SMILES string of the molecule is Cc1ccc(C)c(OCCC(=O)N2CCC[C@H](N)C2)c1. The lowest BCUT2D eigenvalue weighted by Gasteiger charge is -2.30. The molecule has 1 aromatic carbocycles. The quantitative estimate of drug-likeness (QED) is 0.915. The summed E-state index contributed by atoms with van der Waals surface area (Å²) >= 11 is 0. The van der Waals surface area contributed by atoms with Gasteiger partial charge < -0.3 is 15.4 Å². The van der Waals surface area contributed by atoms with Crippen molar-refractivity contribution in [3.63, 3.8) is 0 Å². The van der Waals surface area contributed by atoms with Crippen LogP contribution in [0.3, 0.4) is 0 Å². The predicted molar refractivity (Wildman–Crippen MR) is 79.8 cm³/mol. The second kappa shape index (κ2) is 6.75. The van der Waals surface area contributed by atoms with Crippen LogP contribution < -0.4 is 10.5 Å². The third kappa shape index (κ3) is 3.97. The van der Waals surface area contributed by atoms with Crippen molar-refractivity contribution >= 4 is 5.91 Å². The number of piperidine rings is 1. The minimum Gasteiger partial charge on any atom is -0.493 e. The molecule has 2 rings (SSSR count). The normalized spacial score (nSPS) is 18.9. The molecule has 0 unspecified atom stereocenters. The minimum absolute atomic E-state index is 0.132. The first kappa shape index (κ1) is 14.9. The highest BCUT2D eigenvalue weighted by Gasteiger charge is 2.20. The monoisotopic (exact) mass is 276 g/mol. The largest absolute Gasteiger partial charge is 0.493 e. The van der Waals surface area contributed by atoms with E-state index in [0.717, 1.165) is 30.7 Å². The summed E-state index contributed by atoms with van der Waals surface area (Å²) in [6.45, 7) is 5.99. The van der Waals surface area contributed by atoms with Gasteiger partial charge in [0.25, 0.3) is 0 Å². The number of rotatable bonds is 4. The van der Waals surface area contributed by atoms with Crippen LogP contribution in [-0.4, -0.2) is 36.5 Å². The number of carbonyl (C=O) groups is 1. The van der Waals surface area contributed by atoms with Gasteiger partial charge in [0.15, 0.2) is 0 Å². The first-order valence-corrected chi connectivity index (χ1v) is 7.29. The first-order chi connectivity index (χ1) is 9.56. The lowest BCUT2D eigenvalue weighted by molar-refractivity contribution is -0.132. The van der Waals surface area contributed by atoms with E-state index in [1.54, 1.807) is 0 Å². The summed E-state index contributed by atoms with van der Waals surface area (Å²) in [6, 6.07) is 6.24. The van der Waals surface area contributed by atoms with E-state index in [1.807, 2.05) is 30.9 Å². The van der Waals surface area contributed by atoms with Gasteiger partial charge in [-0.3, -0.25) is 4.79 Å². The zero-order chi connectivity index (χ0) is 14.5. The zero-order valence-corrected chi connectivity index (χ0v) is 12.4. The third-order valence-electron chi connectivity index (χ3n) is 3.73. The molecule has 1 amide bonds. The lowest BCUT2D eigenvalue weighted by Crippen LogP contribution is -2.46. The summed E-state index contributed by atoms with van der Waals surface area (Å²) < 4.78 is 5.73. The molecule has 0 saturated carbocycles. The molecule has 1 aliphatic heterocycles. The summed E-state index contributed by atoms with van der Waals surface area (Å²) in [5.74, 6) is 1.01. The van der Waals surface area contributed by atoms with Crippen LogP contribution in [0.25, 0.3) is 0 Å². The number of aryl methyl sites for hydroxylation is 2. The molecule has 1 saturated heterocycles. The summed E-state index contributed by atoms with van der Waals surface area (Å²) in [5, 5.41) is 0. The van der Waals surface area contributed by atoms with E-state index >= 15 is 0 Å². The van der Waals surface area contributed by atoms with Crippen molar-refractivity contribution in [2.24, 2.45) is 5.73 Å². The van der Waals surface area contributed by atoms with Crippen molar-refractivity contribution < 1.29 is 9.53 Å². The molecule has 0 aliphatic carbocycles. The van der Waals surface area contributed by atoms with Crippen LogP contribution in [0.5, 0.6) is 5.75 Å². The summed E-state index contributed by atoms with van der Waals surface area (Å²) in [5.41, 5.74) is 8.16. The van der Waals surface area contributed by atoms with E-state index in [-0.39, 0.29) is 11.9 Å². The Balaban J connectivity index is 1.80. The number of carbonyl (C=O) groups excluding carboxylic acids is 1. The van der Waals surface area contributed by atoms with Gasteiger partial charge in [0.2, 0.25) is 5.91 Å². The predicted octanol–water partition coefficient (Wildman–Crippen LogP) is 2.02. The van der Waals surface area contributed by atoms with Crippen molar-refractivity contribution in [1.82, 2.24) is 4.90 Å². The first-order valence-electron chi connectivity index (χ1n) is 7.29. The summed E-state index contributed by atoms with van der Waals surface area (Å²) in [6.07, 6.45) is 2.44. The minimum atomic E-state index is 0.132. The molecular weight excluding hydrogens is 252 g/mol. The Morgan fingerprint density at radius 1 is 1.45 bits per heavy atom. The molecule has 110 valence electrons. The van der Waals surface area contributed by atoms with Gasteiger partial charge in [0.1, 0.15) is 5.75 Å². The fourth-order valence-electron chi connectivity index (χ4n) is 2.51. The summed E-state index contributed by atoms with van der Waals surface area (Å²) in [7, 11) is 0. The van der Waals surface area contributed by atoms with Crippen molar-refractivity contribution in [2.45, 2.75) is 39.2 Å². The smallest absolute Gasteiger partial charge is 0.226 e. The zero-order valence-electron chi connectivity index (χ0n) is 12.4. The number of likely N-dealkylation sites (tertiary alicyclic amines) is 1. The van der Waals surface area contributed by atoms with E-state index in [2.05, 4.69) is 6.07 Å². The average molecular weight is 276 g/mol. The van der Waals surface area contributed by atoms with Crippen molar-refractivity contribution in [2.75, 3.05) is 19.7 Å². The van der Waals surface area contributed by atoms with Gasteiger partial charge in [0, 0.05) is 19.1 Å². The lowest BCUT2D eigenvalue weighted by atomic mass is 10.1. The molecule has 1 heterocycles. The van der Waals surface area contributed by atoms with Crippen LogP contribution in [0.1, 0.15) is 30.4 Å². The van der Waals surface area contributed by atoms with E-state index in [0.29, 0.717) is 19.6 Å². The maximum Gasteiger partial charge on any atom is 0.226 e. The molecule has 4 nitrogen and oxygen atoms in total. The number of nitrogens with two attached hydrogens (primary N) is 1. The highest BCUT2D eigenvalue weighted by Crippen LogP contribution is 2.19. The maximum absolute atomic E-state index is 12.1. The van der Waals surface area contributed by atoms with Gasteiger partial charge in [0.05, 0.1) is 13.0 Å². The number of benzene rings is 1. The molecule has 1 aliphatic rings. The molecule has 0 spiro atoms. The molecule has 0 radical (unpaired) electrons. The van der Waals surface area contributed by atoms with Gasteiger partial charge in [-0.15, -0.1) is 0 Å². The Labute approximate surface area is 120 Å². The number of hydrogen-bond donors (Lipinski definition) is 1. The van der Waals surface area contributed by atoms with Crippen molar-refractivity contribution in [3.05, 3.63) is 29.3 Å². The van der Waals surface area contributed by atoms with E-state index in [1.165, 1.54) is 5.56 Å². The highest BCUT2D eigenvalue weighted by atomic mass is 16.5. The number of nitrogens with zero attached hydrogens (tertiary/aromatic N) is 1. The average Bonchev–Trinajstić information content (AvgIpc) is 2.42. The van der Waals surface area contributed by atoms with Crippen LogP contribution in [0.15, 0.2) is 18.2 Å². The maximum atomic E-state index is 12.1. The molecule has 4 heteroatoms. The van der Waals surface area contributed by atoms with Crippen LogP contribution in [0.4, 0.5) is 0 Å². The molecule has 2 N–H and O–H groups in total. The van der Waals surface area contributed by atoms with Crippen LogP contribution >= 0.6 is 0 Å². The van der Waals surface area contributed by atoms with Crippen molar-refractivity contribution in [1.29, 1.82) is 0 Å². The Morgan fingerprint density at radius 3 is 3.00 bits per heavy atom. The molecular formula is C16H24N2O2. The van der Waals surface area contributed by atoms with E-state index in [4.69, 9.17) is 10.5 Å². The Morgan fingerprint density at radius 2 is 2.25 bits per heavy atom. The second-order valence-corrected chi connectivity index (χ2v) is 5.61. The van der Waals surface area contributed by atoms with Gasteiger partial charge in [-0.1, -0.05) is 12.1 Å². The molecule has 20 heavy (non-hydrogen) atoms. The Kier molecular flexibility index (Phi) is 5.01. The van der Waals surface area contributed by atoms with Gasteiger partial charge >= 0.3 is 0 Å². The van der Waals surface area contributed by atoms with Crippen LogP contribution in [0.2, 0.25) is 0 Å². The molecule has 0 aromatic heterocycles. The molecule has 1 aromatic rings. The topological polar surface area (TPSA) is 55.6 Å². The van der Waals surface area contributed by atoms with Gasteiger partial charge in [-0.2, -0.15) is 0 Å². The number of hydrogen-bond acceptors (Lipinski definition) is 3. The van der Waals surface area contributed by atoms with Crippen molar-refractivity contribution in [3.8, 4) is 5.75 Å². The van der Waals surface area contributed by atoms with Crippen LogP contribution in [-0.2, 0) is 4.79 Å². The Bertz CT molecular complexity index is 474. The van der Waals surface area contributed by atoms with Gasteiger partial charge in [-0.25, -0.2) is 0 Å². The second-order valence-electron chi connectivity index (χ2n) is 5.61. The molecule has 0 bridgehead atoms. The van der Waals surface area contributed by atoms with E-state index < -0.39 is 0 Å². The van der Waals surface area contributed by atoms with E-state index in [9.17, 15) is 4.79 Å². The number of amides is 1. The molecule has 1 fully saturated rings. The number of ether oxygens (including phenoxy) is 1. The highest BCUT2D eigenvalue weighted by molar-refractivity contribution is 5.76. The fraction of sp³-hybridized carbons (Fsp3) is 0.562. The van der Waals surface area contributed by atoms with Gasteiger partial charge in [-0.05, 0) is 43.9 Å². The standard InChI is InChI=1S/C16H24N2O2/c1-12-5-6-13(2)15(10-12)20-9-7-16(19)18-8-3-4-14(17)11-18/h5-6,10,14H,3-4,7-9,11,17H2,1-2H3/t14-/m0/s1. The molecule has 1 atom stereocenters.